The molecule has 7 nitrogen and oxygen atoms in total. The normalized spacial score (nSPS) is 18.6. The van der Waals surface area contributed by atoms with Crippen molar-refractivity contribution < 1.29 is 14.4 Å². The van der Waals surface area contributed by atoms with Crippen molar-refractivity contribution in [1.82, 2.24) is 10.8 Å². The Bertz CT molecular complexity index is 863. The first kappa shape index (κ1) is 27.5. The maximum absolute atomic E-state index is 13.0. The molecule has 186 valence electrons. The van der Waals surface area contributed by atoms with Gasteiger partial charge < -0.3 is 21.6 Å². The number of hydrogen-bond acceptors (Lipinski definition) is 6. The summed E-state index contributed by atoms with van der Waals surface area (Å²) >= 11 is 0. The summed E-state index contributed by atoms with van der Waals surface area (Å²) in [6.45, 7) is 3.04. The zero-order valence-corrected chi connectivity index (χ0v) is 20.3. The molecule has 1 aliphatic rings. The molecule has 1 amide bonds. The Hall–Kier alpha value is -2.74. The number of rotatable bonds is 14. The molecule has 1 aliphatic carbocycles. The number of benzene rings is 1. The van der Waals surface area contributed by atoms with Crippen LogP contribution in [0.3, 0.4) is 0 Å². The number of hydrogen-bond donors (Lipinski definition) is 4. The molecule has 1 aromatic rings. The molecule has 34 heavy (non-hydrogen) atoms. The van der Waals surface area contributed by atoms with E-state index >= 15 is 0 Å². The van der Waals surface area contributed by atoms with Crippen LogP contribution in [0.5, 0.6) is 0 Å². The lowest BCUT2D eigenvalue weighted by Crippen LogP contribution is -2.45. The van der Waals surface area contributed by atoms with Gasteiger partial charge in [-0.3, -0.25) is 9.63 Å². The van der Waals surface area contributed by atoms with Gasteiger partial charge in [0.05, 0.1) is 0 Å². The Morgan fingerprint density at radius 3 is 2.82 bits per heavy atom. The summed E-state index contributed by atoms with van der Waals surface area (Å²) in [5, 5.41) is 2.94. The fourth-order valence-corrected chi connectivity index (χ4v) is 3.83. The van der Waals surface area contributed by atoms with Crippen molar-refractivity contribution >= 4 is 18.3 Å². The summed E-state index contributed by atoms with van der Waals surface area (Å²) in [7, 11) is 0. The van der Waals surface area contributed by atoms with Gasteiger partial charge in [-0.2, -0.15) is 5.48 Å². The van der Waals surface area contributed by atoms with Crippen LogP contribution in [0.15, 0.2) is 53.8 Å². The molecule has 0 heterocycles. The highest BCUT2D eigenvalue weighted by molar-refractivity contribution is 5.82. The first-order valence-corrected chi connectivity index (χ1v) is 12.2. The number of nitrogens with one attached hydrogen (secondary N) is 2. The fraction of sp³-hybridized carbons (Fsp3) is 0.481. The standard InChI is InChI=1S/C27H40N4O3/c1-21-9-7-8-12-24(21)18-25(29)20-34-31-26(17-22-10-5-3-2-4-6-11-22)27(33)30-16-14-23(19-32)13-15-28/h3,5,7-10,12,18-19,23,26,31H,2,4,6,11,13-17,20,28-29H2,1H3,(H,30,33)/b5-3+,22-10+,25-18-/t23-,26-/m0/s1. The maximum Gasteiger partial charge on any atom is 0.239 e. The molecule has 2 rings (SSSR count). The number of aldehydes is 1. The minimum absolute atomic E-state index is 0.141. The van der Waals surface area contributed by atoms with E-state index < -0.39 is 6.04 Å². The molecule has 0 radical (unpaired) electrons. The Kier molecular flexibility index (Phi) is 12.9. The van der Waals surface area contributed by atoms with Gasteiger partial charge in [-0.25, -0.2) is 0 Å². The molecule has 0 saturated heterocycles. The summed E-state index contributed by atoms with van der Waals surface area (Å²) < 4.78 is 0. The van der Waals surface area contributed by atoms with Gasteiger partial charge in [0.15, 0.2) is 0 Å². The van der Waals surface area contributed by atoms with Crippen LogP contribution in [0.4, 0.5) is 0 Å². The Morgan fingerprint density at radius 2 is 2.06 bits per heavy atom. The molecule has 0 spiro atoms. The van der Waals surface area contributed by atoms with Crippen LogP contribution < -0.4 is 22.3 Å². The molecule has 1 aromatic carbocycles. The highest BCUT2D eigenvalue weighted by atomic mass is 16.6. The zero-order valence-electron chi connectivity index (χ0n) is 20.3. The number of nitrogens with two attached hydrogens (primary N) is 2. The summed E-state index contributed by atoms with van der Waals surface area (Å²) in [6.07, 6.45) is 15.1. The second-order valence-electron chi connectivity index (χ2n) is 8.79. The SMILES string of the molecule is Cc1ccccc1/C=C(\N)CON[C@@H](C/C1=C/C=C/CCCC1)C(=O)NCC[C@@H](C=O)CCN. The number of allylic oxidation sites excluding steroid dienone is 3. The minimum atomic E-state index is -0.561. The van der Waals surface area contributed by atoms with Crippen molar-refractivity contribution in [3.05, 3.63) is 64.9 Å². The van der Waals surface area contributed by atoms with Gasteiger partial charge in [0, 0.05) is 18.2 Å². The Balaban J connectivity index is 1.97. The van der Waals surface area contributed by atoms with Gasteiger partial charge in [0.2, 0.25) is 5.91 Å². The number of carbonyl (C=O) groups is 2. The molecule has 7 heteroatoms. The average Bonchev–Trinajstić information content (AvgIpc) is 2.80. The van der Waals surface area contributed by atoms with Crippen molar-refractivity contribution in [3.8, 4) is 0 Å². The Morgan fingerprint density at radius 1 is 1.24 bits per heavy atom. The summed E-state index contributed by atoms with van der Waals surface area (Å²) in [6, 6.07) is 7.41. The van der Waals surface area contributed by atoms with Gasteiger partial charge in [-0.05, 0) is 75.6 Å². The predicted molar refractivity (Wildman–Crippen MR) is 137 cm³/mol. The van der Waals surface area contributed by atoms with E-state index in [1.807, 2.05) is 37.3 Å². The third-order valence-corrected chi connectivity index (χ3v) is 5.91. The van der Waals surface area contributed by atoms with Crippen molar-refractivity contribution in [2.45, 2.75) is 57.9 Å². The first-order chi connectivity index (χ1) is 16.5. The molecule has 0 saturated carbocycles. The molecule has 0 unspecified atom stereocenters. The summed E-state index contributed by atoms with van der Waals surface area (Å²) in [5.41, 5.74) is 18.5. The number of hydroxylamine groups is 1. The number of amides is 1. The second-order valence-corrected chi connectivity index (χ2v) is 8.79. The van der Waals surface area contributed by atoms with Crippen molar-refractivity contribution in [2.75, 3.05) is 19.7 Å². The van der Waals surface area contributed by atoms with Gasteiger partial charge in [-0.15, -0.1) is 0 Å². The quantitative estimate of drug-likeness (QED) is 0.246. The monoisotopic (exact) mass is 468 g/mol. The molecule has 0 fully saturated rings. The van der Waals surface area contributed by atoms with Crippen LogP contribution in [0.25, 0.3) is 6.08 Å². The molecular weight excluding hydrogens is 428 g/mol. The lowest BCUT2D eigenvalue weighted by atomic mass is 9.97. The fourth-order valence-electron chi connectivity index (χ4n) is 3.83. The third-order valence-electron chi connectivity index (χ3n) is 5.91. The third kappa shape index (κ3) is 10.5. The van der Waals surface area contributed by atoms with E-state index in [2.05, 4.69) is 29.0 Å². The van der Waals surface area contributed by atoms with Crippen molar-refractivity contribution in [2.24, 2.45) is 17.4 Å². The van der Waals surface area contributed by atoms with Crippen LogP contribution in [-0.4, -0.2) is 37.9 Å². The highest BCUT2D eigenvalue weighted by Crippen LogP contribution is 2.18. The van der Waals surface area contributed by atoms with E-state index in [-0.39, 0.29) is 18.4 Å². The molecule has 0 aliphatic heterocycles. The molecule has 2 atom stereocenters. The lowest BCUT2D eigenvalue weighted by molar-refractivity contribution is -0.127. The van der Waals surface area contributed by atoms with E-state index in [1.54, 1.807) is 0 Å². The predicted octanol–water partition coefficient (Wildman–Crippen LogP) is 3.30. The van der Waals surface area contributed by atoms with E-state index in [9.17, 15) is 9.59 Å². The number of carbonyl (C=O) groups excluding carboxylic acids is 2. The van der Waals surface area contributed by atoms with Crippen LogP contribution in [0.2, 0.25) is 0 Å². The average molecular weight is 469 g/mol. The smallest absolute Gasteiger partial charge is 0.239 e. The summed E-state index contributed by atoms with van der Waals surface area (Å²) in [5.74, 6) is -0.302. The van der Waals surface area contributed by atoms with Crippen LogP contribution >= 0.6 is 0 Å². The van der Waals surface area contributed by atoms with Crippen molar-refractivity contribution in [3.63, 3.8) is 0 Å². The lowest BCUT2D eigenvalue weighted by Gasteiger charge is -2.21. The van der Waals surface area contributed by atoms with E-state index in [4.69, 9.17) is 16.3 Å². The minimum Gasteiger partial charge on any atom is -0.400 e. The van der Waals surface area contributed by atoms with Gasteiger partial charge in [0.1, 0.15) is 18.9 Å². The van der Waals surface area contributed by atoms with E-state index in [1.165, 1.54) is 5.57 Å². The van der Waals surface area contributed by atoms with Crippen LogP contribution in [0, 0.1) is 12.8 Å². The topological polar surface area (TPSA) is 119 Å². The van der Waals surface area contributed by atoms with Crippen LogP contribution in [0.1, 0.15) is 56.1 Å². The van der Waals surface area contributed by atoms with Gasteiger partial charge in [-0.1, -0.05) is 48.1 Å². The molecule has 0 aromatic heterocycles. The van der Waals surface area contributed by atoms with E-state index in [0.717, 1.165) is 43.1 Å². The van der Waals surface area contributed by atoms with Gasteiger partial charge >= 0.3 is 0 Å². The second kappa shape index (κ2) is 16.0. The van der Waals surface area contributed by atoms with Crippen LogP contribution in [-0.2, 0) is 14.4 Å². The zero-order chi connectivity index (χ0) is 24.6. The highest BCUT2D eigenvalue weighted by Gasteiger charge is 2.20. The molecular formula is C27H40N4O3. The van der Waals surface area contributed by atoms with Gasteiger partial charge in [0.25, 0.3) is 0 Å². The first-order valence-electron chi connectivity index (χ1n) is 12.2. The number of aryl methyl sites for hydroxylation is 1. The largest absolute Gasteiger partial charge is 0.400 e. The molecule has 0 bridgehead atoms. The van der Waals surface area contributed by atoms with E-state index in [0.29, 0.717) is 38.0 Å². The maximum atomic E-state index is 13.0. The summed E-state index contributed by atoms with van der Waals surface area (Å²) in [4.78, 5) is 29.8. The van der Waals surface area contributed by atoms with Crippen molar-refractivity contribution in [1.29, 1.82) is 0 Å². The Labute approximate surface area is 203 Å². The molecule has 6 N–H and O–H groups in total.